The maximum atomic E-state index is 8.42. The van der Waals surface area contributed by atoms with E-state index in [2.05, 4.69) is 0 Å². The van der Waals surface area contributed by atoms with E-state index in [-0.39, 0.29) is 160 Å². The van der Waals surface area contributed by atoms with Gasteiger partial charge in [0.15, 0.2) is 0 Å². The molecular weight excluding hydrogens is 586 g/mol. The van der Waals surface area contributed by atoms with Gasteiger partial charge in [-0.05, 0) is 0 Å². The number of rotatable bonds is 1. The first-order chi connectivity index (χ1) is 5.38. The van der Waals surface area contributed by atoms with Crippen molar-refractivity contribution in [3.8, 4) is 0 Å². The summed E-state index contributed by atoms with van der Waals surface area (Å²) in [5.74, 6) is 0. The summed E-state index contributed by atoms with van der Waals surface area (Å²) in [7, 11) is -5.83. The minimum absolute atomic E-state index is 0. The Bertz CT molecular complexity index is 56.3. The van der Waals surface area contributed by atoms with Crippen molar-refractivity contribution in [3.63, 3.8) is 0 Å². The van der Waals surface area contributed by atoms with Crippen LogP contribution in [0.3, 0.4) is 0 Å². The van der Waals surface area contributed by atoms with Crippen molar-refractivity contribution in [3.05, 3.63) is 0 Å². The predicted molar refractivity (Wildman–Crippen MR) is 42.9 cm³/mol. The topological polar surface area (TPSA) is 179 Å². The molecule has 0 saturated heterocycles. The van der Waals surface area contributed by atoms with Crippen LogP contribution in [0.2, 0.25) is 0 Å². The Kier molecular flexibility index (Phi) is 88.6. The fraction of sp³-hybridized carbons (Fsp3) is 1.00. The third-order valence-electron chi connectivity index (χ3n) is 0.1000. The Morgan fingerprint density at radius 2 is 0.667 bits per heavy atom. The van der Waals surface area contributed by atoms with Gasteiger partial charge in [-0.25, -0.2) is 0 Å². The zero-order valence-electron chi connectivity index (χ0n) is 8.03. The summed E-state index contributed by atoms with van der Waals surface area (Å²) in [6.45, 7) is -0.250. The first-order valence-corrected chi connectivity index (χ1v) is 2.55. The van der Waals surface area contributed by atoms with Crippen LogP contribution in [0, 0.1) is 0 Å². The summed E-state index contributed by atoms with van der Waals surface area (Å²) in [6.07, 6.45) is 0. The van der Waals surface area contributed by atoms with Gasteiger partial charge in [-0.15, -0.1) is 0 Å². The Morgan fingerprint density at radius 1 is 0.600 bits per heavy atom. The molecule has 8 nitrogen and oxygen atoms in total. The van der Waals surface area contributed by atoms with Gasteiger partial charge in [0.25, 0.3) is 0 Å². The smallest absolute Gasteiger partial charge is 0.907 e. The van der Waals surface area contributed by atoms with Crippen LogP contribution in [-0.2, 0) is 0 Å². The molecule has 0 radical (unpaired) electrons. The Balaban J connectivity index is -0.0000000184. The largest absolute Gasteiger partial charge is 2.00 e. The van der Waals surface area contributed by atoms with E-state index in [1.54, 1.807) is 0 Å². The molecule has 0 saturated carbocycles. The van der Waals surface area contributed by atoms with Gasteiger partial charge in [-0.1, -0.05) is 0 Å². The molecule has 0 aromatic carbocycles. The van der Waals surface area contributed by atoms with Crippen molar-refractivity contribution >= 4 is 161 Å². The molecule has 0 atom stereocenters. The fourth-order valence-corrected chi connectivity index (χ4v) is 0. The van der Waals surface area contributed by atoms with E-state index in [4.69, 9.17) is 40.4 Å². The SMILES string of the molecule is OCCO.[Ba+2].[Ba+2].[Ba+2].[O-]B([O-])[O-].[O-]B([O-])[O-]. The fourth-order valence-electron chi connectivity index (χ4n) is 0. The second kappa shape index (κ2) is 36.3. The quantitative estimate of drug-likeness (QED) is 0.282. The van der Waals surface area contributed by atoms with E-state index >= 15 is 0 Å². The van der Waals surface area contributed by atoms with Crippen LogP contribution in [0.15, 0.2) is 0 Å². The van der Waals surface area contributed by atoms with E-state index in [9.17, 15) is 0 Å². The van der Waals surface area contributed by atoms with Gasteiger partial charge in [-0.3, -0.25) is 14.6 Å². The van der Waals surface area contributed by atoms with Gasteiger partial charge in [0.05, 0.1) is 13.2 Å². The maximum Gasteiger partial charge on any atom is 2.00 e. The first kappa shape index (κ1) is 36.6. The molecule has 0 amide bonds. The average Bonchev–Trinajstić information content (AvgIpc) is 1.85. The minimum Gasteiger partial charge on any atom is -0.907 e. The summed E-state index contributed by atoms with van der Waals surface area (Å²) in [5.41, 5.74) is 0. The molecule has 0 rings (SSSR count). The molecular formula is C2H6B2Ba3O8. The van der Waals surface area contributed by atoms with E-state index < -0.39 is 14.6 Å². The molecule has 74 valence electrons. The monoisotopic (exact) mass is 594 g/mol. The molecule has 0 bridgehead atoms. The van der Waals surface area contributed by atoms with Gasteiger partial charge < -0.3 is 40.4 Å². The van der Waals surface area contributed by atoms with E-state index in [1.165, 1.54) is 0 Å². The van der Waals surface area contributed by atoms with Crippen molar-refractivity contribution in [2.75, 3.05) is 13.2 Å². The summed E-state index contributed by atoms with van der Waals surface area (Å²) in [6, 6.07) is 0. The molecule has 0 heterocycles. The van der Waals surface area contributed by atoms with Crippen molar-refractivity contribution in [1.82, 2.24) is 0 Å². The molecule has 0 aliphatic heterocycles. The molecule has 0 fully saturated rings. The Morgan fingerprint density at radius 3 is 0.667 bits per heavy atom. The molecule has 0 aliphatic carbocycles. The van der Waals surface area contributed by atoms with Crippen molar-refractivity contribution in [1.29, 1.82) is 0 Å². The number of hydrogen-bond donors (Lipinski definition) is 2. The van der Waals surface area contributed by atoms with Crippen LogP contribution >= 0.6 is 0 Å². The summed E-state index contributed by atoms with van der Waals surface area (Å²) >= 11 is 0. The zero-order chi connectivity index (χ0) is 10.6. The molecule has 13 heteroatoms. The average molecular weight is 592 g/mol. The third kappa shape index (κ3) is 166. The molecule has 0 aliphatic rings. The Labute approximate surface area is 209 Å². The van der Waals surface area contributed by atoms with Gasteiger partial charge in [-0.2, -0.15) is 0 Å². The van der Waals surface area contributed by atoms with Crippen LogP contribution in [0.25, 0.3) is 0 Å². The zero-order valence-corrected chi connectivity index (χ0v) is 21.4. The molecule has 0 aromatic rings. The van der Waals surface area contributed by atoms with Crippen molar-refractivity contribution in [2.24, 2.45) is 0 Å². The molecule has 0 spiro atoms. The summed E-state index contributed by atoms with van der Waals surface area (Å²) < 4.78 is 0. The first-order valence-electron chi connectivity index (χ1n) is 2.55. The van der Waals surface area contributed by atoms with Gasteiger partial charge in [0.2, 0.25) is 0 Å². The van der Waals surface area contributed by atoms with Crippen molar-refractivity contribution < 1.29 is 40.4 Å². The third-order valence-corrected chi connectivity index (χ3v) is 0.1000. The van der Waals surface area contributed by atoms with E-state index in [0.717, 1.165) is 0 Å². The number of aliphatic hydroxyl groups excluding tert-OH is 2. The second-order valence-electron chi connectivity index (χ2n) is 1.02. The second-order valence-corrected chi connectivity index (χ2v) is 1.02. The van der Waals surface area contributed by atoms with E-state index in [1.807, 2.05) is 0 Å². The van der Waals surface area contributed by atoms with Crippen LogP contribution in [0.5, 0.6) is 0 Å². The minimum atomic E-state index is -2.92. The molecule has 0 unspecified atom stereocenters. The van der Waals surface area contributed by atoms with Crippen LogP contribution in [0.4, 0.5) is 0 Å². The van der Waals surface area contributed by atoms with Crippen LogP contribution in [0.1, 0.15) is 0 Å². The number of aliphatic hydroxyl groups is 2. The van der Waals surface area contributed by atoms with Crippen molar-refractivity contribution in [2.45, 2.75) is 0 Å². The number of hydrogen-bond acceptors (Lipinski definition) is 8. The molecule has 2 N–H and O–H groups in total. The maximum absolute atomic E-state index is 8.42. The van der Waals surface area contributed by atoms with E-state index in [0.29, 0.717) is 0 Å². The van der Waals surface area contributed by atoms with Gasteiger partial charge in [0.1, 0.15) is 0 Å². The summed E-state index contributed by atoms with van der Waals surface area (Å²) in [4.78, 5) is 0. The Hall–Kier alpha value is 4.52. The molecule has 15 heavy (non-hydrogen) atoms. The normalized spacial score (nSPS) is 5.60. The van der Waals surface area contributed by atoms with Crippen LogP contribution < -0.4 is 30.1 Å². The van der Waals surface area contributed by atoms with Gasteiger partial charge in [0, 0.05) is 0 Å². The van der Waals surface area contributed by atoms with Gasteiger partial charge >= 0.3 is 147 Å². The predicted octanol–water partition coefficient (Wildman–Crippen LogP) is -10.1. The molecule has 0 aromatic heterocycles. The van der Waals surface area contributed by atoms with Crippen LogP contribution in [-0.4, -0.2) is 185 Å². The summed E-state index contributed by atoms with van der Waals surface area (Å²) in [5, 5.41) is 65.7. The standard InChI is InChI=1S/C2H6O2.2BO3.3Ba/c3-1-2-4;2*2-1(3)4;;;/h3-4H,1-2H2;;;;;/q;2*-3;3*+2.